The van der Waals surface area contributed by atoms with Crippen molar-refractivity contribution in [2.75, 3.05) is 0 Å². The Hall–Kier alpha value is -2.01. The number of aromatic carboxylic acids is 1. The number of fused-ring (bicyclic) bond motifs is 3. The number of carboxylic acids is 1. The number of rotatable bonds is 5. The van der Waals surface area contributed by atoms with Gasteiger partial charge in [0.2, 0.25) is 0 Å². The fourth-order valence-corrected chi connectivity index (χ4v) is 4.56. The molecule has 2 atom stereocenters. The van der Waals surface area contributed by atoms with Crippen molar-refractivity contribution in [3.8, 4) is 11.5 Å². The third kappa shape index (κ3) is 3.12. The van der Waals surface area contributed by atoms with Crippen LogP contribution in [0.2, 0.25) is 0 Å². The second kappa shape index (κ2) is 6.86. The molecule has 2 aliphatic rings. The molecule has 1 aromatic carbocycles. The number of allylic oxidation sites excluding steroid dienone is 1. The molecule has 0 saturated heterocycles. The molecule has 1 unspecified atom stereocenters. The highest BCUT2D eigenvalue weighted by Crippen LogP contribution is 2.55. The highest BCUT2D eigenvalue weighted by molar-refractivity contribution is 5.94. The molecule has 0 aromatic heterocycles. The van der Waals surface area contributed by atoms with Crippen molar-refractivity contribution in [1.29, 1.82) is 0 Å². The average molecular weight is 373 g/mol. The third-order valence-electron chi connectivity index (χ3n) is 6.38. The van der Waals surface area contributed by atoms with Crippen molar-refractivity contribution in [2.24, 2.45) is 5.73 Å². The molecule has 0 bridgehead atoms. The van der Waals surface area contributed by atoms with Gasteiger partial charge in [-0.2, -0.15) is 0 Å². The lowest BCUT2D eigenvalue weighted by Gasteiger charge is -2.54. The number of ether oxygens (including phenoxy) is 1. The van der Waals surface area contributed by atoms with E-state index in [1.165, 1.54) is 5.57 Å². The zero-order valence-electron chi connectivity index (χ0n) is 16.8. The van der Waals surface area contributed by atoms with Crippen LogP contribution in [0.1, 0.15) is 87.2 Å². The van der Waals surface area contributed by atoms with Crippen LogP contribution in [0.5, 0.6) is 11.5 Å². The smallest absolute Gasteiger partial charge is 0.339 e. The minimum absolute atomic E-state index is 0.00728. The van der Waals surface area contributed by atoms with E-state index in [-0.39, 0.29) is 17.2 Å². The van der Waals surface area contributed by atoms with Crippen molar-refractivity contribution in [3.63, 3.8) is 0 Å². The maximum atomic E-state index is 11.9. The molecule has 0 fully saturated rings. The van der Waals surface area contributed by atoms with E-state index in [1.54, 1.807) is 0 Å². The Kier molecular flexibility index (Phi) is 5.02. The molecule has 0 amide bonds. The van der Waals surface area contributed by atoms with Gasteiger partial charge in [-0.1, -0.05) is 31.4 Å². The van der Waals surface area contributed by atoms with Gasteiger partial charge in [0.15, 0.2) is 0 Å². The fraction of sp³-hybridized carbons (Fsp3) is 0.591. The Morgan fingerprint density at radius 3 is 2.70 bits per heavy atom. The molecule has 5 heteroatoms. The Morgan fingerprint density at radius 1 is 1.37 bits per heavy atom. The van der Waals surface area contributed by atoms with Gasteiger partial charge in [-0.25, -0.2) is 4.79 Å². The first kappa shape index (κ1) is 19.7. The predicted molar refractivity (Wildman–Crippen MR) is 106 cm³/mol. The summed E-state index contributed by atoms with van der Waals surface area (Å²) in [5.41, 5.74) is 7.84. The lowest BCUT2D eigenvalue weighted by molar-refractivity contribution is -0.0113. The average Bonchev–Trinajstić information content (AvgIpc) is 2.56. The molecule has 27 heavy (non-hydrogen) atoms. The van der Waals surface area contributed by atoms with Crippen LogP contribution < -0.4 is 10.5 Å². The summed E-state index contributed by atoms with van der Waals surface area (Å²) in [6, 6.07) is 1.81. The summed E-state index contributed by atoms with van der Waals surface area (Å²) in [6.45, 7) is 8.12. The van der Waals surface area contributed by atoms with E-state index >= 15 is 0 Å². The molecule has 0 saturated carbocycles. The predicted octanol–water partition coefficient (Wildman–Crippen LogP) is 4.52. The number of aromatic hydroxyl groups is 1. The highest BCUT2D eigenvalue weighted by atomic mass is 16.5. The first-order valence-electron chi connectivity index (χ1n) is 9.89. The lowest BCUT2D eigenvalue weighted by Crippen LogP contribution is -2.66. The van der Waals surface area contributed by atoms with Gasteiger partial charge >= 0.3 is 5.97 Å². The van der Waals surface area contributed by atoms with Gasteiger partial charge in [0.25, 0.3) is 0 Å². The molecule has 148 valence electrons. The summed E-state index contributed by atoms with van der Waals surface area (Å²) in [5, 5.41) is 20.8. The van der Waals surface area contributed by atoms with Crippen molar-refractivity contribution < 1.29 is 19.7 Å². The molecule has 0 spiro atoms. The molecule has 4 N–H and O–H groups in total. The molecule has 1 heterocycles. The largest absolute Gasteiger partial charge is 0.507 e. The number of carbonyl (C=O) groups is 1. The lowest BCUT2D eigenvalue weighted by atomic mass is 9.62. The standard InChI is InChI=1S/C22H31NO4/c1-5-6-7-8-14-12-16-18(19(24)17(14)20(25)26)15-11-13(2)9-10-22(15,23)21(3,4)27-16/h11-12,15,24H,5-10,23H2,1-4H3,(H,25,26)/t15-,22?/m0/s1. The number of benzene rings is 1. The number of unbranched alkanes of at least 4 members (excludes halogenated alkanes) is 2. The molecule has 1 aliphatic carbocycles. The van der Waals surface area contributed by atoms with Crippen LogP contribution in [0.25, 0.3) is 0 Å². The van der Waals surface area contributed by atoms with Crippen LogP contribution >= 0.6 is 0 Å². The summed E-state index contributed by atoms with van der Waals surface area (Å²) in [4.78, 5) is 11.9. The Bertz CT molecular complexity index is 796. The Balaban J connectivity index is 2.21. The summed E-state index contributed by atoms with van der Waals surface area (Å²) < 4.78 is 6.28. The van der Waals surface area contributed by atoms with Crippen molar-refractivity contribution in [2.45, 2.75) is 83.3 Å². The number of carboxylic acid groups (broad SMARTS) is 1. The fourth-order valence-electron chi connectivity index (χ4n) is 4.56. The van der Waals surface area contributed by atoms with Crippen LogP contribution in [0.15, 0.2) is 17.7 Å². The number of nitrogens with two attached hydrogens (primary N) is 1. The molecular weight excluding hydrogens is 342 g/mol. The van der Waals surface area contributed by atoms with E-state index in [4.69, 9.17) is 10.5 Å². The molecule has 1 aromatic rings. The maximum Gasteiger partial charge on any atom is 0.339 e. The molecule has 5 nitrogen and oxygen atoms in total. The van der Waals surface area contributed by atoms with Crippen molar-refractivity contribution >= 4 is 5.97 Å². The molecule has 0 radical (unpaired) electrons. The summed E-state index contributed by atoms with van der Waals surface area (Å²) >= 11 is 0. The second-order valence-electron chi connectivity index (χ2n) is 8.58. The van der Waals surface area contributed by atoms with Crippen molar-refractivity contribution in [3.05, 3.63) is 34.4 Å². The molecule has 1 aliphatic heterocycles. The first-order valence-corrected chi connectivity index (χ1v) is 9.89. The SMILES string of the molecule is CCCCCc1cc2c(c(O)c1C(=O)O)[C@@H]1C=C(C)CCC1(N)C(C)(C)O2. The van der Waals surface area contributed by atoms with E-state index in [0.29, 0.717) is 23.3 Å². The monoisotopic (exact) mass is 373 g/mol. The zero-order chi connectivity index (χ0) is 20.0. The summed E-state index contributed by atoms with van der Waals surface area (Å²) in [7, 11) is 0. The second-order valence-corrected chi connectivity index (χ2v) is 8.58. The zero-order valence-corrected chi connectivity index (χ0v) is 16.8. The topological polar surface area (TPSA) is 92.8 Å². The van der Waals surface area contributed by atoms with Gasteiger partial charge in [-0.05, 0) is 58.1 Å². The number of hydrogen-bond acceptors (Lipinski definition) is 4. The van der Waals surface area contributed by atoms with Crippen LogP contribution in [-0.2, 0) is 6.42 Å². The van der Waals surface area contributed by atoms with E-state index in [0.717, 1.165) is 32.1 Å². The van der Waals surface area contributed by atoms with Gasteiger partial charge in [-0.3, -0.25) is 0 Å². The van der Waals surface area contributed by atoms with Crippen LogP contribution in [-0.4, -0.2) is 27.3 Å². The van der Waals surface area contributed by atoms with Gasteiger partial charge in [0.05, 0.1) is 5.54 Å². The maximum absolute atomic E-state index is 11.9. The Labute approximate surface area is 161 Å². The van der Waals surface area contributed by atoms with E-state index in [9.17, 15) is 15.0 Å². The quantitative estimate of drug-likeness (QED) is 0.521. The first-order chi connectivity index (χ1) is 12.6. The minimum Gasteiger partial charge on any atom is -0.507 e. The number of hydrogen-bond donors (Lipinski definition) is 3. The summed E-state index contributed by atoms with van der Waals surface area (Å²) in [5.74, 6) is -1.00. The van der Waals surface area contributed by atoms with Crippen LogP contribution in [0.4, 0.5) is 0 Å². The van der Waals surface area contributed by atoms with E-state index < -0.39 is 17.1 Å². The van der Waals surface area contributed by atoms with Crippen LogP contribution in [0, 0.1) is 0 Å². The van der Waals surface area contributed by atoms with Crippen molar-refractivity contribution in [1.82, 2.24) is 0 Å². The normalized spacial score (nSPS) is 25.8. The summed E-state index contributed by atoms with van der Waals surface area (Å²) in [6.07, 6.45) is 7.22. The number of phenols is 1. The number of aryl methyl sites for hydroxylation is 1. The van der Waals surface area contributed by atoms with Gasteiger partial charge in [-0.15, -0.1) is 0 Å². The third-order valence-corrected chi connectivity index (χ3v) is 6.38. The molecular formula is C22H31NO4. The van der Waals surface area contributed by atoms with E-state index in [1.807, 2.05) is 19.9 Å². The highest BCUT2D eigenvalue weighted by Gasteiger charge is 2.55. The van der Waals surface area contributed by atoms with Crippen LogP contribution in [0.3, 0.4) is 0 Å². The van der Waals surface area contributed by atoms with Gasteiger partial charge in [0.1, 0.15) is 22.7 Å². The van der Waals surface area contributed by atoms with Gasteiger partial charge < -0.3 is 20.7 Å². The minimum atomic E-state index is -1.11. The van der Waals surface area contributed by atoms with Gasteiger partial charge in [0, 0.05) is 11.5 Å². The van der Waals surface area contributed by atoms with E-state index in [2.05, 4.69) is 19.9 Å². The Morgan fingerprint density at radius 2 is 2.07 bits per heavy atom. The molecule has 3 rings (SSSR count).